The molecule has 1 rings (SSSR count). The van der Waals surface area contributed by atoms with E-state index in [-0.39, 0.29) is 18.0 Å². The minimum absolute atomic E-state index is 0.192. The van der Waals surface area contributed by atoms with Crippen LogP contribution in [0.4, 0.5) is 0 Å². The van der Waals surface area contributed by atoms with E-state index in [1.54, 1.807) is 0 Å². The summed E-state index contributed by atoms with van der Waals surface area (Å²) in [6, 6.07) is 3.22. The van der Waals surface area contributed by atoms with Crippen LogP contribution in [0.2, 0.25) is 0 Å². The van der Waals surface area contributed by atoms with Crippen molar-refractivity contribution in [2.24, 2.45) is 0 Å². The Morgan fingerprint density at radius 1 is 0.913 bits per heavy atom. The summed E-state index contributed by atoms with van der Waals surface area (Å²) in [6.07, 6.45) is 2.97. The lowest BCUT2D eigenvalue weighted by Crippen LogP contribution is -2.27. The van der Waals surface area contributed by atoms with Crippen LogP contribution in [0.25, 0.3) is 0 Å². The fourth-order valence-electron chi connectivity index (χ4n) is 1.80. The maximum Gasteiger partial charge on any atom is 0.244 e. The van der Waals surface area contributed by atoms with E-state index >= 15 is 0 Å². The van der Waals surface area contributed by atoms with Gasteiger partial charge in [0, 0.05) is 13.1 Å². The first-order valence-corrected chi connectivity index (χ1v) is 10.5. The van der Waals surface area contributed by atoms with E-state index < -0.39 is 30.7 Å². The van der Waals surface area contributed by atoms with Crippen molar-refractivity contribution in [3.8, 4) is 5.75 Å². The smallest absolute Gasteiger partial charge is 0.244 e. The highest BCUT2D eigenvalue weighted by atomic mass is 32.2. The summed E-state index contributed by atoms with van der Waals surface area (Å²) >= 11 is 0. The van der Waals surface area contributed by atoms with Crippen molar-refractivity contribution in [1.82, 2.24) is 9.44 Å². The van der Waals surface area contributed by atoms with Gasteiger partial charge in [0.1, 0.15) is 10.6 Å². The first-order valence-electron chi connectivity index (χ1n) is 7.57. The maximum atomic E-state index is 12.2. The van der Waals surface area contributed by atoms with Gasteiger partial charge in [0.05, 0.1) is 4.90 Å². The van der Waals surface area contributed by atoms with Gasteiger partial charge in [-0.3, -0.25) is 0 Å². The second-order valence-corrected chi connectivity index (χ2v) is 8.63. The molecule has 0 fully saturated rings. The van der Waals surface area contributed by atoms with Gasteiger partial charge in [0.15, 0.2) is 0 Å². The molecule has 0 saturated carbocycles. The molecular weight excluding hydrogens is 340 g/mol. The van der Waals surface area contributed by atoms with Gasteiger partial charge in [0.2, 0.25) is 20.0 Å². The Labute approximate surface area is 138 Å². The normalized spacial score (nSPS) is 12.4. The first kappa shape index (κ1) is 19.9. The molecule has 0 bridgehead atoms. The Kier molecular flexibility index (Phi) is 7.46. The highest BCUT2D eigenvalue weighted by Gasteiger charge is 2.22. The molecule has 3 N–H and O–H groups in total. The molecule has 132 valence electrons. The van der Waals surface area contributed by atoms with Crippen molar-refractivity contribution in [1.29, 1.82) is 0 Å². The maximum absolute atomic E-state index is 12.2. The summed E-state index contributed by atoms with van der Waals surface area (Å²) in [7, 11) is -7.77. The van der Waals surface area contributed by atoms with Crippen LogP contribution >= 0.6 is 0 Å². The van der Waals surface area contributed by atoms with Gasteiger partial charge in [-0.2, -0.15) is 0 Å². The second kappa shape index (κ2) is 8.62. The number of sulfonamides is 2. The molecule has 0 aromatic heterocycles. The monoisotopic (exact) mass is 364 g/mol. The minimum atomic E-state index is -3.96. The lowest BCUT2D eigenvalue weighted by atomic mass is 10.3. The standard InChI is InChI=1S/C14H24N2O5S2/c1-3-5-9-15-22(18,19)12-7-8-13(17)14(11-12)23(20,21)16-10-6-4-2/h7-8,11,15-17H,3-6,9-10H2,1-2H3. The Morgan fingerprint density at radius 2 is 1.43 bits per heavy atom. The molecule has 23 heavy (non-hydrogen) atoms. The predicted molar refractivity (Wildman–Crippen MR) is 88.3 cm³/mol. The highest BCUT2D eigenvalue weighted by Crippen LogP contribution is 2.25. The zero-order chi connectivity index (χ0) is 17.5. The first-order chi connectivity index (χ1) is 10.7. The molecule has 0 aliphatic heterocycles. The van der Waals surface area contributed by atoms with E-state index in [0.29, 0.717) is 12.8 Å². The molecule has 1 aromatic rings. The van der Waals surface area contributed by atoms with Crippen molar-refractivity contribution >= 4 is 20.0 Å². The lowest BCUT2D eigenvalue weighted by molar-refractivity contribution is 0.457. The Morgan fingerprint density at radius 3 is 1.96 bits per heavy atom. The number of unbranched alkanes of at least 4 members (excludes halogenated alkanes) is 2. The van der Waals surface area contributed by atoms with Crippen LogP contribution in [-0.4, -0.2) is 35.0 Å². The van der Waals surface area contributed by atoms with Crippen LogP contribution in [0.5, 0.6) is 5.75 Å². The predicted octanol–water partition coefficient (Wildman–Crippen LogP) is 1.55. The number of hydrogen-bond donors (Lipinski definition) is 3. The van der Waals surface area contributed by atoms with Gasteiger partial charge in [-0.05, 0) is 31.0 Å². The summed E-state index contributed by atoms with van der Waals surface area (Å²) in [5.74, 6) is -0.485. The van der Waals surface area contributed by atoms with Crippen molar-refractivity contribution in [3.63, 3.8) is 0 Å². The van der Waals surface area contributed by atoms with Gasteiger partial charge in [-0.1, -0.05) is 26.7 Å². The van der Waals surface area contributed by atoms with Crippen molar-refractivity contribution in [3.05, 3.63) is 18.2 Å². The van der Waals surface area contributed by atoms with Gasteiger partial charge >= 0.3 is 0 Å². The molecular formula is C14H24N2O5S2. The largest absolute Gasteiger partial charge is 0.507 e. The third-order valence-electron chi connectivity index (χ3n) is 3.18. The van der Waals surface area contributed by atoms with E-state index in [1.165, 1.54) is 6.07 Å². The van der Waals surface area contributed by atoms with Crippen LogP contribution in [0, 0.1) is 0 Å². The average Bonchev–Trinajstić information content (AvgIpc) is 2.47. The van der Waals surface area contributed by atoms with Crippen molar-refractivity contribution in [2.45, 2.75) is 49.3 Å². The van der Waals surface area contributed by atoms with Gasteiger partial charge in [-0.15, -0.1) is 0 Å². The third kappa shape index (κ3) is 5.76. The van der Waals surface area contributed by atoms with E-state index in [1.807, 2.05) is 13.8 Å². The Hall–Kier alpha value is -1.16. The molecule has 0 amide bonds. The Bertz CT molecular complexity index is 715. The molecule has 0 heterocycles. The molecule has 0 unspecified atom stereocenters. The highest BCUT2D eigenvalue weighted by molar-refractivity contribution is 7.90. The molecule has 0 spiro atoms. The number of phenols is 1. The van der Waals surface area contributed by atoms with Crippen LogP contribution in [0.1, 0.15) is 39.5 Å². The molecule has 0 atom stereocenters. The zero-order valence-corrected chi connectivity index (χ0v) is 15.0. The molecule has 9 heteroatoms. The molecule has 0 aliphatic carbocycles. The van der Waals surface area contributed by atoms with Gasteiger partial charge in [-0.25, -0.2) is 26.3 Å². The quantitative estimate of drug-likeness (QED) is 0.545. The molecule has 1 aromatic carbocycles. The summed E-state index contributed by atoms with van der Waals surface area (Å²) < 4.78 is 53.4. The van der Waals surface area contributed by atoms with E-state index in [0.717, 1.165) is 25.0 Å². The van der Waals surface area contributed by atoms with Crippen LogP contribution in [0.15, 0.2) is 28.0 Å². The van der Waals surface area contributed by atoms with Crippen molar-refractivity contribution < 1.29 is 21.9 Å². The molecule has 0 saturated heterocycles. The van der Waals surface area contributed by atoms with Crippen LogP contribution < -0.4 is 9.44 Å². The van der Waals surface area contributed by atoms with Crippen LogP contribution in [-0.2, 0) is 20.0 Å². The summed E-state index contributed by atoms with van der Waals surface area (Å²) in [5, 5.41) is 9.77. The average molecular weight is 364 g/mol. The molecule has 7 nitrogen and oxygen atoms in total. The number of hydrogen-bond acceptors (Lipinski definition) is 5. The molecule has 0 radical (unpaired) electrons. The topological polar surface area (TPSA) is 113 Å². The number of benzene rings is 1. The number of rotatable bonds is 10. The fourth-order valence-corrected chi connectivity index (χ4v) is 4.17. The van der Waals surface area contributed by atoms with Gasteiger partial charge in [0.25, 0.3) is 0 Å². The third-order valence-corrected chi connectivity index (χ3v) is 6.12. The van der Waals surface area contributed by atoms with Crippen molar-refractivity contribution in [2.75, 3.05) is 13.1 Å². The zero-order valence-electron chi connectivity index (χ0n) is 13.4. The van der Waals surface area contributed by atoms with Crippen LogP contribution in [0.3, 0.4) is 0 Å². The Balaban J connectivity index is 3.08. The number of aromatic hydroxyl groups is 1. The van der Waals surface area contributed by atoms with E-state index in [2.05, 4.69) is 9.44 Å². The number of nitrogens with one attached hydrogen (secondary N) is 2. The summed E-state index contributed by atoms with van der Waals surface area (Å²) in [4.78, 5) is -0.630. The summed E-state index contributed by atoms with van der Waals surface area (Å²) in [6.45, 7) is 4.35. The minimum Gasteiger partial charge on any atom is -0.507 e. The fraction of sp³-hybridized carbons (Fsp3) is 0.571. The lowest BCUT2D eigenvalue weighted by Gasteiger charge is -2.11. The number of phenolic OH excluding ortho intramolecular Hbond substituents is 1. The molecule has 0 aliphatic rings. The summed E-state index contributed by atoms with van der Waals surface area (Å²) in [5.41, 5.74) is 0. The van der Waals surface area contributed by atoms with E-state index in [4.69, 9.17) is 0 Å². The second-order valence-electron chi connectivity index (χ2n) is 5.13. The van der Waals surface area contributed by atoms with E-state index in [9.17, 15) is 21.9 Å². The van der Waals surface area contributed by atoms with Gasteiger partial charge < -0.3 is 5.11 Å². The SMILES string of the molecule is CCCCNS(=O)(=O)c1ccc(O)c(S(=O)(=O)NCCCC)c1.